The van der Waals surface area contributed by atoms with E-state index in [4.69, 9.17) is 5.11 Å². The summed E-state index contributed by atoms with van der Waals surface area (Å²) in [4.78, 5) is 15.5. The first kappa shape index (κ1) is 12.8. The molecule has 6 nitrogen and oxygen atoms in total. The second-order valence-corrected chi connectivity index (χ2v) is 4.54. The lowest BCUT2D eigenvalue weighted by Gasteiger charge is -2.05. The number of hydrogen-bond donors (Lipinski definition) is 1. The summed E-state index contributed by atoms with van der Waals surface area (Å²) < 4.78 is 1.34. The number of carboxylic acid groups (broad SMARTS) is 1. The minimum absolute atomic E-state index is 0.0915. The van der Waals surface area contributed by atoms with E-state index < -0.39 is 5.97 Å². The van der Waals surface area contributed by atoms with Crippen molar-refractivity contribution in [2.24, 2.45) is 0 Å². The molecular formula is C15H10N4O2. The van der Waals surface area contributed by atoms with Crippen LogP contribution in [0.2, 0.25) is 0 Å². The number of hydrogen-bond acceptors (Lipinski definition) is 4. The highest BCUT2D eigenvalue weighted by Gasteiger charge is 2.16. The third kappa shape index (κ3) is 2.11. The number of aromatic carboxylic acids is 1. The normalized spacial score (nSPS) is 10.5. The lowest BCUT2D eigenvalue weighted by atomic mass is 10.1. The summed E-state index contributed by atoms with van der Waals surface area (Å²) in [5, 5.41) is 23.3. The van der Waals surface area contributed by atoms with Gasteiger partial charge >= 0.3 is 5.97 Å². The lowest BCUT2D eigenvalue weighted by molar-refractivity contribution is 0.0696. The maximum atomic E-state index is 11.1. The summed E-state index contributed by atoms with van der Waals surface area (Å²) >= 11 is 0. The van der Waals surface area contributed by atoms with Gasteiger partial charge in [-0.3, -0.25) is 0 Å². The summed E-state index contributed by atoms with van der Waals surface area (Å²) in [5.74, 6) is -0.732. The van der Waals surface area contributed by atoms with E-state index in [1.54, 1.807) is 13.0 Å². The predicted molar refractivity (Wildman–Crippen MR) is 75.3 cm³/mol. The molecule has 0 aliphatic carbocycles. The van der Waals surface area contributed by atoms with Gasteiger partial charge in [0.05, 0.1) is 16.8 Å². The monoisotopic (exact) mass is 278 g/mol. The zero-order chi connectivity index (χ0) is 15.0. The van der Waals surface area contributed by atoms with Gasteiger partial charge in [-0.05, 0) is 19.1 Å². The molecule has 0 radical (unpaired) electrons. The van der Waals surface area contributed by atoms with Gasteiger partial charge in [-0.1, -0.05) is 18.2 Å². The first-order valence-electron chi connectivity index (χ1n) is 6.20. The van der Waals surface area contributed by atoms with Crippen LogP contribution in [0.1, 0.15) is 21.6 Å². The summed E-state index contributed by atoms with van der Waals surface area (Å²) in [6.45, 7) is 1.60. The second-order valence-electron chi connectivity index (χ2n) is 4.54. The fraction of sp³-hybridized carbons (Fsp3) is 0.0667. The van der Waals surface area contributed by atoms with Crippen molar-refractivity contribution in [3.8, 4) is 11.9 Å². The number of rotatable bonds is 2. The number of aryl methyl sites for hydroxylation is 1. The molecule has 2 heterocycles. The lowest BCUT2D eigenvalue weighted by Crippen LogP contribution is -2.02. The molecule has 3 aromatic rings. The number of benzene rings is 1. The van der Waals surface area contributed by atoms with Gasteiger partial charge in [-0.2, -0.15) is 10.4 Å². The van der Waals surface area contributed by atoms with Crippen molar-refractivity contribution in [3.05, 3.63) is 53.3 Å². The zero-order valence-electron chi connectivity index (χ0n) is 11.1. The average Bonchev–Trinajstić information content (AvgIpc) is 2.88. The minimum Gasteiger partial charge on any atom is -0.478 e. The number of para-hydroxylation sites is 1. The van der Waals surface area contributed by atoms with Gasteiger partial charge in [0.1, 0.15) is 11.6 Å². The molecule has 0 atom stereocenters. The largest absolute Gasteiger partial charge is 0.478 e. The predicted octanol–water partition coefficient (Wildman–Crippen LogP) is 2.30. The van der Waals surface area contributed by atoms with Gasteiger partial charge in [0.25, 0.3) is 0 Å². The topological polar surface area (TPSA) is 91.8 Å². The van der Waals surface area contributed by atoms with E-state index in [0.717, 1.165) is 10.9 Å². The first-order valence-corrected chi connectivity index (χ1v) is 6.20. The van der Waals surface area contributed by atoms with E-state index in [0.29, 0.717) is 17.1 Å². The van der Waals surface area contributed by atoms with Gasteiger partial charge < -0.3 is 5.11 Å². The maximum absolute atomic E-state index is 11.1. The van der Waals surface area contributed by atoms with Crippen molar-refractivity contribution in [3.63, 3.8) is 0 Å². The molecule has 1 aromatic carbocycles. The van der Waals surface area contributed by atoms with Crippen LogP contribution in [0, 0.1) is 18.3 Å². The maximum Gasteiger partial charge on any atom is 0.339 e. The van der Waals surface area contributed by atoms with Crippen molar-refractivity contribution in [2.45, 2.75) is 6.92 Å². The molecule has 102 valence electrons. The number of aromatic nitrogens is 3. The van der Waals surface area contributed by atoms with Crippen molar-refractivity contribution >= 4 is 16.9 Å². The molecule has 0 amide bonds. The van der Waals surface area contributed by atoms with E-state index in [9.17, 15) is 10.1 Å². The van der Waals surface area contributed by atoms with Crippen LogP contribution in [0.25, 0.3) is 16.7 Å². The van der Waals surface area contributed by atoms with Crippen LogP contribution in [0.4, 0.5) is 0 Å². The molecule has 0 unspecified atom stereocenters. The summed E-state index contributed by atoms with van der Waals surface area (Å²) in [6, 6.07) is 11.2. The molecule has 0 saturated carbocycles. The third-order valence-corrected chi connectivity index (χ3v) is 3.17. The third-order valence-electron chi connectivity index (χ3n) is 3.17. The molecule has 0 aliphatic rings. The molecule has 1 N–H and O–H groups in total. The van der Waals surface area contributed by atoms with Crippen LogP contribution in [0.5, 0.6) is 0 Å². The van der Waals surface area contributed by atoms with Gasteiger partial charge in [0.2, 0.25) is 0 Å². The number of fused-ring (bicyclic) bond motifs is 1. The average molecular weight is 278 g/mol. The van der Waals surface area contributed by atoms with Crippen molar-refractivity contribution in [2.75, 3.05) is 0 Å². The van der Waals surface area contributed by atoms with Gasteiger partial charge in [-0.25, -0.2) is 14.5 Å². The van der Waals surface area contributed by atoms with Crippen LogP contribution >= 0.6 is 0 Å². The molecule has 3 rings (SSSR count). The number of carboxylic acids is 1. The van der Waals surface area contributed by atoms with Gasteiger partial charge in [0.15, 0.2) is 5.82 Å². The molecule has 0 aliphatic heterocycles. The Morgan fingerprint density at radius 2 is 2.14 bits per heavy atom. The Hall–Kier alpha value is -3.20. The van der Waals surface area contributed by atoms with E-state index in [1.807, 2.05) is 24.3 Å². The molecule has 0 saturated heterocycles. The quantitative estimate of drug-likeness (QED) is 0.776. The standard InChI is InChI=1S/C15H10N4O2/c1-9-12(15(20)21)8-19(18-9)14-11(7-16)6-10-4-2-3-5-13(10)17-14/h2-6,8H,1H3,(H,20,21). The Kier molecular flexibility index (Phi) is 2.88. The Morgan fingerprint density at radius 1 is 1.38 bits per heavy atom. The van der Waals surface area contributed by atoms with E-state index in [2.05, 4.69) is 16.2 Å². The highest BCUT2D eigenvalue weighted by atomic mass is 16.4. The summed E-state index contributed by atoms with van der Waals surface area (Å²) in [7, 11) is 0. The SMILES string of the molecule is Cc1nn(-c2nc3ccccc3cc2C#N)cc1C(=O)O. The second kappa shape index (κ2) is 4.72. The summed E-state index contributed by atoms with van der Waals surface area (Å²) in [6.07, 6.45) is 1.37. The first-order chi connectivity index (χ1) is 10.1. The highest BCUT2D eigenvalue weighted by molar-refractivity contribution is 5.88. The molecule has 6 heteroatoms. The Balaban J connectivity index is 2.26. The molecule has 0 fully saturated rings. The van der Waals surface area contributed by atoms with Gasteiger partial charge in [-0.15, -0.1) is 0 Å². The smallest absolute Gasteiger partial charge is 0.339 e. The molecule has 21 heavy (non-hydrogen) atoms. The van der Waals surface area contributed by atoms with Crippen molar-refractivity contribution in [1.29, 1.82) is 5.26 Å². The number of carbonyl (C=O) groups is 1. The fourth-order valence-electron chi connectivity index (χ4n) is 2.14. The number of nitriles is 1. The fourth-order valence-corrected chi connectivity index (χ4v) is 2.14. The van der Waals surface area contributed by atoms with Crippen molar-refractivity contribution in [1.82, 2.24) is 14.8 Å². The molecule has 0 bridgehead atoms. The van der Waals surface area contributed by atoms with Crippen LogP contribution < -0.4 is 0 Å². The number of nitrogens with zero attached hydrogens (tertiary/aromatic N) is 4. The van der Waals surface area contributed by atoms with Crippen LogP contribution in [0.3, 0.4) is 0 Å². The Bertz CT molecular complexity index is 906. The Labute approximate surface area is 119 Å². The molecule has 0 spiro atoms. The van der Waals surface area contributed by atoms with Crippen LogP contribution in [0.15, 0.2) is 36.5 Å². The van der Waals surface area contributed by atoms with Gasteiger partial charge in [0, 0.05) is 11.6 Å². The van der Waals surface area contributed by atoms with E-state index >= 15 is 0 Å². The molecular weight excluding hydrogens is 268 g/mol. The van der Waals surface area contributed by atoms with Crippen LogP contribution in [-0.4, -0.2) is 25.8 Å². The summed E-state index contributed by atoms with van der Waals surface area (Å²) in [5.41, 5.74) is 1.53. The molecule has 2 aromatic heterocycles. The minimum atomic E-state index is -1.06. The number of pyridine rings is 1. The van der Waals surface area contributed by atoms with Crippen molar-refractivity contribution < 1.29 is 9.90 Å². The van der Waals surface area contributed by atoms with E-state index in [1.165, 1.54) is 10.9 Å². The van der Waals surface area contributed by atoms with E-state index in [-0.39, 0.29) is 5.56 Å². The Morgan fingerprint density at radius 3 is 2.81 bits per heavy atom. The van der Waals surface area contributed by atoms with Crippen LogP contribution in [-0.2, 0) is 0 Å². The highest BCUT2D eigenvalue weighted by Crippen LogP contribution is 2.20. The zero-order valence-corrected chi connectivity index (χ0v) is 11.1.